The van der Waals surface area contributed by atoms with Gasteiger partial charge >= 0.3 is 0 Å². The van der Waals surface area contributed by atoms with Crippen LogP contribution < -0.4 is 0 Å². The largest absolute Gasteiger partial charge is 0.380 e. The van der Waals surface area contributed by atoms with E-state index in [2.05, 4.69) is 123 Å². The van der Waals surface area contributed by atoms with Crippen molar-refractivity contribution in [3.05, 3.63) is 119 Å². The van der Waals surface area contributed by atoms with Gasteiger partial charge in [-0.3, -0.25) is 0 Å². The Labute approximate surface area is 310 Å². The molecule has 4 nitrogen and oxygen atoms in total. The molecule has 2 aliphatic heterocycles. The first kappa shape index (κ1) is 32.7. The fourth-order valence-electron chi connectivity index (χ4n) is 8.43. The molecule has 3 aliphatic rings. The highest BCUT2D eigenvalue weighted by atomic mass is 32.2. The minimum atomic E-state index is -0.0443. The smallest absolute Gasteiger partial charge is 0.0787 e. The summed E-state index contributed by atoms with van der Waals surface area (Å²) in [6.07, 6.45) is -0.0886. The number of fused-ring (bicyclic) bond motifs is 4. The molecule has 0 amide bonds. The van der Waals surface area contributed by atoms with Crippen molar-refractivity contribution in [2.45, 2.75) is 90.9 Å². The lowest BCUT2D eigenvalue weighted by Gasteiger charge is -2.50. The molecule has 0 bridgehead atoms. The molecular weight excluding hydrogens is 693 g/mol. The Morgan fingerprint density at radius 2 is 0.820 bits per heavy atom. The van der Waals surface area contributed by atoms with Crippen LogP contribution in [0.25, 0.3) is 22.3 Å². The fraction of sp³-hybridized carbons (Fsp3) is 0.238. The zero-order valence-electron chi connectivity index (χ0n) is 28.8. The minimum Gasteiger partial charge on any atom is -0.380 e. The van der Waals surface area contributed by atoms with Crippen LogP contribution in [0.5, 0.6) is 0 Å². The number of methoxy groups -OCH3 is 2. The minimum absolute atomic E-state index is 0.0443. The zero-order valence-corrected chi connectivity index (χ0v) is 32.1. The highest BCUT2D eigenvalue weighted by Gasteiger charge is 2.55. The van der Waals surface area contributed by atoms with Gasteiger partial charge in [-0.05, 0) is 86.3 Å². The van der Waals surface area contributed by atoms with Crippen LogP contribution in [0, 0.1) is 27.7 Å². The average Bonchev–Trinajstić information content (AvgIpc) is 3.57. The fourth-order valence-corrected chi connectivity index (χ4v) is 13.2. The molecule has 9 rings (SSSR count). The first-order valence-electron chi connectivity index (χ1n) is 17.0. The Bertz CT molecular complexity index is 2140. The number of aromatic amines is 2. The Hall–Kier alpha value is -3.24. The maximum Gasteiger partial charge on any atom is 0.0787 e. The molecule has 2 aromatic heterocycles. The lowest BCUT2D eigenvalue weighted by Crippen LogP contribution is -2.54. The van der Waals surface area contributed by atoms with Crippen molar-refractivity contribution in [1.82, 2.24) is 9.97 Å². The predicted octanol–water partition coefficient (Wildman–Crippen LogP) is 12.1. The molecule has 0 radical (unpaired) electrons. The van der Waals surface area contributed by atoms with Crippen molar-refractivity contribution in [3.8, 4) is 22.3 Å². The van der Waals surface area contributed by atoms with Crippen molar-refractivity contribution in [2.24, 2.45) is 0 Å². The normalized spacial score (nSPS) is 20.4. The highest BCUT2D eigenvalue weighted by Crippen LogP contribution is 2.57. The highest BCUT2D eigenvalue weighted by molar-refractivity contribution is 8.05. The van der Waals surface area contributed by atoms with Gasteiger partial charge in [-0.15, -0.1) is 0 Å². The first-order valence-corrected chi connectivity index (χ1v) is 20.2. The molecule has 1 aliphatic carbocycles. The van der Waals surface area contributed by atoms with E-state index < -0.39 is 0 Å². The topological polar surface area (TPSA) is 50.0 Å². The van der Waals surface area contributed by atoms with Crippen LogP contribution in [0.15, 0.2) is 124 Å². The van der Waals surface area contributed by atoms with Crippen LogP contribution in [0.1, 0.15) is 45.7 Å². The number of ether oxygens (including phenoxy) is 2. The summed E-state index contributed by atoms with van der Waals surface area (Å²) in [6.45, 7) is 8.95. The Kier molecular flexibility index (Phi) is 8.33. The van der Waals surface area contributed by atoms with E-state index >= 15 is 0 Å². The molecule has 0 unspecified atom stereocenters. The van der Waals surface area contributed by atoms with E-state index in [-0.39, 0.29) is 24.0 Å². The van der Waals surface area contributed by atoms with Gasteiger partial charge in [-0.2, -0.15) is 0 Å². The second-order valence-electron chi connectivity index (χ2n) is 13.3. The SMILES string of the molecule is COC1C(c2[nH]c(C)c(-c3cccc4c3Sc3ccccc3S4)c2C)C(OC)C1c1[nH]c(C)c(-c2cccc3c2Sc2ccccc2S3)c1C. The molecule has 6 aromatic rings. The summed E-state index contributed by atoms with van der Waals surface area (Å²) in [6, 6.07) is 30.9. The molecule has 0 saturated heterocycles. The van der Waals surface area contributed by atoms with E-state index in [0.717, 1.165) is 0 Å². The third kappa shape index (κ3) is 5.01. The Balaban J connectivity index is 1.07. The molecule has 252 valence electrons. The van der Waals surface area contributed by atoms with Gasteiger partial charge in [-0.25, -0.2) is 0 Å². The molecular formula is C42H38N2O2S4. The van der Waals surface area contributed by atoms with Gasteiger partial charge in [0.25, 0.3) is 0 Å². The number of benzene rings is 4. The summed E-state index contributed by atoms with van der Waals surface area (Å²) < 4.78 is 12.8. The van der Waals surface area contributed by atoms with Gasteiger partial charge in [0.15, 0.2) is 0 Å². The number of aryl methyl sites for hydroxylation is 2. The van der Waals surface area contributed by atoms with Crippen LogP contribution in [-0.4, -0.2) is 36.4 Å². The monoisotopic (exact) mass is 730 g/mol. The quantitative estimate of drug-likeness (QED) is 0.178. The third-order valence-electron chi connectivity index (χ3n) is 10.6. The first-order chi connectivity index (χ1) is 24.4. The molecule has 4 heterocycles. The molecule has 1 fully saturated rings. The van der Waals surface area contributed by atoms with Gasteiger partial charge in [0.05, 0.1) is 24.0 Å². The Morgan fingerprint density at radius 1 is 0.460 bits per heavy atom. The molecule has 4 aromatic carbocycles. The van der Waals surface area contributed by atoms with Crippen molar-refractivity contribution in [2.75, 3.05) is 14.2 Å². The second-order valence-corrected chi connectivity index (χ2v) is 17.6. The van der Waals surface area contributed by atoms with Gasteiger partial charge in [0.2, 0.25) is 0 Å². The summed E-state index contributed by atoms with van der Waals surface area (Å²) in [5, 5.41) is 0. The van der Waals surface area contributed by atoms with Gasteiger partial charge in [-0.1, -0.05) is 95.6 Å². The van der Waals surface area contributed by atoms with E-state index in [0.29, 0.717) is 0 Å². The maximum absolute atomic E-state index is 6.40. The van der Waals surface area contributed by atoms with E-state index in [9.17, 15) is 0 Å². The van der Waals surface area contributed by atoms with Crippen LogP contribution in [0.4, 0.5) is 0 Å². The van der Waals surface area contributed by atoms with E-state index in [1.807, 2.05) is 61.3 Å². The standard InChI is InChI=1S/C42H38N2O2S4/c1-21-33(25-13-11-19-31-41(25)49-29-17-9-7-15-27(29)47-31)23(3)43-37(21)35-39(45-5)36(40(35)46-6)38-22(2)34(24(4)44-38)26-14-12-20-32-42(26)50-30-18-10-8-16-28(30)48-32/h7-20,35-36,39-40,43-44H,1-6H3. The summed E-state index contributed by atoms with van der Waals surface area (Å²) in [7, 11) is 3.71. The molecule has 8 heteroatoms. The lowest BCUT2D eigenvalue weighted by atomic mass is 9.64. The zero-order chi connectivity index (χ0) is 34.3. The molecule has 0 atom stereocenters. The van der Waals surface area contributed by atoms with Crippen LogP contribution in [0.2, 0.25) is 0 Å². The van der Waals surface area contributed by atoms with Gasteiger partial charge < -0.3 is 19.4 Å². The maximum atomic E-state index is 6.40. The van der Waals surface area contributed by atoms with E-state index in [1.54, 1.807) is 0 Å². The van der Waals surface area contributed by atoms with Gasteiger partial charge in [0.1, 0.15) is 0 Å². The number of rotatable bonds is 6. The molecule has 2 N–H and O–H groups in total. The predicted molar refractivity (Wildman–Crippen MR) is 208 cm³/mol. The van der Waals surface area contributed by atoms with Crippen molar-refractivity contribution in [1.29, 1.82) is 0 Å². The molecule has 1 saturated carbocycles. The van der Waals surface area contributed by atoms with Crippen molar-refractivity contribution < 1.29 is 9.47 Å². The summed E-state index contributed by atoms with van der Waals surface area (Å²) >= 11 is 7.50. The van der Waals surface area contributed by atoms with E-state index in [4.69, 9.17) is 9.47 Å². The number of nitrogens with one attached hydrogen (secondary N) is 2. The van der Waals surface area contributed by atoms with Crippen LogP contribution >= 0.6 is 47.0 Å². The lowest BCUT2D eigenvalue weighted by molar-refractivity contribution is -0.118. The number of aromatic nitrogens is 2. The van der Waals surface area contributed by atoms with E-state index in [1.165, 1.54) is 95.3 Å². The summed E-state index contributed by atoms with van der Waals surface area (Å²) in [5.41, 5.74) is 12.5. The number of H-pyrrole nitrogens is 2. The van der Waals surface area contributed by atoms with Crippen LogP contribution in [0.3, 0.4) is 0 Å². The average molecular weight is 731 g/mol. The molecule has 0 spiro atoms. The Morgan fingerprint density at radius 3 is 1.20 bits per heavy atom. The van der Waals surface area contributed by atoms with Crippen LogP contribution in [-0.2, 0) is 9.47 Å². The van der Waals surface area contributed by atoms with Gasteiger partial charge in [0, 0.05) is 87.3 Å². The number of hydrogen-bond acceptors (Lipinski definition) is 6. The summed E-state index contributed by atoms with van der Waals surface area (Å²) in [4.78, 5) is 18.3. The van der Waals surface area contributed by atoms with Crippen molar-refractivity contribution >= 4 is 47.0 Å². The van der Waals surface area contributed by atoms with Crippen molar-refractivity contribution in [3.63, 3.8) is 0 Å². The number of hydrogen-bond donors (Lipinski definition) is 2. The summed E-state index contributed by atoms with van der Waals surface area (Å²) in [5.74, 6) is 0.147. The second kappa shape index (κ2) is 12.8. The molecule has 50 heavy (non-hydrogen) atoms. The third-order valence-corrected chi connectivity index (χ3v) is 15.9.